The van der Waals surface area contributed by atoms with Gasteiger partial charge >= 0.3 is 5.69 Å². The van der Waals surface area contributed by atoms with Gasteiger partial charge in [0, 0.05) is 13.1 Å². The summed E-state index contributed by atoms with van der Waals surface area (Å²) in [5, 5.41) is 13.9. The first kappa shape index (κ1) is 12.4. The third-order valence-corrected chi connectivity index (χ3v) is 2.14. The average molecular weight is 223 g/mol. The highest BCUT2D eigenvalue weighted by Gasteiger charge is 1.98. The fourth-order valence-corrected chi connectivity index (χ4v) is 1.25. The molecule has 0 saturated heterocycles. The van der Waals surface area contributed by atoms with Gasteiger partial charge in [0.05, 0.1) is 6.20 Å². The summed E-state index contributed by atoms with van der Waals surface area (Å²) in [6.07, 6.45) is 5.68. The van der Waals surface area contributed by atoms with E-state index in [-0.39, 0.29) is 5.69 Å². The first-order valence-corrected chi connectivity index (χ1v) is 5.45. The van der Waals surface area contributed by atoms with Crippen LogP contribution in [0.15, 0.2) is 11.0 Å². The van der Waals surface area contributed by atoms with E-state index < -0.39 is 0 Å². The molecular formula is C10H17N5O. The highest BCUT2D eigenvalue weighted by Crippen LogP contribution is 1.97. The normalized spacial score (nSPS) is 10.1. The van der Waals surface area contributed by atoms with Crippen molar-refractivity contribution in [2.75, 3.05) is 11.9 Å². The smallest absolute Gasteiger partial charge is 0.365 e. The van der Waals surface area contributed by atoms with Crippen LogP contribution in [0.2, 0.25) is 0 Å². The van der Waals surface area contributed by atoms with Gasteiger partial charge in [-0.2, -0.15) is 10.1 Å². The van der Waals surface area contributed by atoms with Crippen molar-refractivity contribution in [3.63, 3.8) is 0 Å². The Morgan fingerprint density at radius 1 is 1.56 bits per heavy atom. The molecule has 0 atom stereocenters. The topological polar surface area (TPSA) is 83.7 Å². The summed E-state index contributed by atoms with van der Waals surface area (Å²) >= 11 is 0. The second-order valence-corrected chi connectivity index (χ2v) is 3.37. The minimum absolute atomic E-state index is 0.327. The fourth-order valence-electron chi connectivity index (χ4n) is 1.25. The number of anilines is 1. The number of hydrogen-bond acceptors (Lipinski definition) is 5. The summed E-state index contributed by atoms with van der Waals surface area (Å²) in [4.78, 5) is 15.2. The first-order chi connectivity index (χ1) is 7.77. The van der Waals surface area contributed by atoms with Crippen molar-refractivity contribution in [2.45, 2.75) is 32.7 Å². The Morgan fingerprint density at radius 2 is 2.38 bits per heavy atom. The zero-order valence-electron chi connectivity index (χ0n) is 9.44. The van der Waals surface area contributed by atoms with Crippen LogP contribution in [0.5, 0.6) is 0 Å². The molecule has 0 amide bonds. The zero-order chi connectivity index (χ0) is 11.8. The molecule has 0 radical (unpaired) electrons. The average Bonchev–Trinajstić information content (AvgIpc) is 2.29. The van der Waals surface area contributed by atoms with Crippen molar-refractivity contribution < 1.29 is 0 Å². The summed E-state index contributed by atoms with van der Waals surface area (Å²) in [5.41, 5.74) is -0.327. The van der Waals surface area contributed by atoms with Crippen LogP contribution >= 0.6 is 0 Å². The lowest BCUT2D eigenvalue weighted by atomic mass is 10.2. The van der Waals surface area contributed by atoms with Crippen molar-refractivity contribution in [1.82, 2.24) is 14.8 Å². The van der Waals surface area contributed by atoms with E-state index in [9.17, 15) is 4.79 Å². The predicted octanol–water partition coefficient (Wildman–Crippen LogP) is 0.890. The third kappa shape index (κ3) is 3.80. The van der Waals surface area contributed by atoms with Gasteiger partial charge in [-0.05, 0) is 32.4 Å². The van der Waals surface area contributed by atoms with E-state index in [1.807, 2.05) is 6.92 Å². The molecule has 1 aromatic heterocycles. The number of rotatable bonds is 7. The Hall–Kier alpha value is -1.72. The Kier molecular flexibility index (Phi) is 5.18. The molecule has 0 aliphatic heterocycles. The van der Waals surface area contributed by atoms with Crippen molar-refractivity contribution in [3.05, 3.63) is 16.7 Å². The number of nitrogens with one attached hydrogen (secondary N) is 2. The molecule has 0 unspecified atom stereocenters. The number of aromatic nitrogens is 3. The molecule has 16 heavy (non-hydrogen) atoms. The maximum Gasteiger partial charge on any atom is 0.365 e. The molecule has 0 saturated carbocycles. The largest absolute Gasteiger partial charge is 0.369 e. The molecule has 0 aliphatic carbocycles. The Labute approximate surface area is 94.2 Å². The Bertz CT molecular complexity index is 387. The second kappa shape index (κ2) is 6.71. The van der Waals surface area contributed by atoms with E-state index in [4.69, 9.17) is 5.41 Å². The molecule has 1 rings (SSSR count). The van der Waals surface area contributed by atoms with Gasteiger partial charge in [-0.3, -0.25) is 0 Å². The minimum Gasteiger partial charge on any atom is -0.369 e. The van der Waals surface area contributed by atoms with Gasteiger partial charge in [-0.25, -0.2) is 9.48 Å². The molecule has 1 heterocycles. The molecule has 0 aliphatic rings. The molecule has 0 spiro atoms. The number of hydrogen-bond donors (Lipinski definition) is 2. The van der Waals surface area contributed by atoms with E-state index in [0.717, 1.165) is 25.8 Å². The standard InChI is InChI=1S/C10H17N5O/c1-2-15-10(16)14-9(8-13-15)12-7-5-3-4-6-11/h6,8,11H,2-5,7H2,1H3,(H,12,14,16). The molecular weight excluding hydrogens is 206 g/mol. The number of aryl methyl sites for hydroxylation is 1. The highest BCUT2D eigenvalue weighted by molar-refractivity contribution is 5.52. The van der Waals surface area contributed by atoms with E-state index in [1.165, 1.54) is 10.9 Å². The third-order valence-electron chi connectivity index (χ3n) is 2.14. The van der Waals surface area contributed by atoms with Crippen molar-refractivity contribution in [3.8, 4) is 0 Å². The summed E-state index contributed by atoms with van der Waals surface area (Å²) in [5.74, 6) is 0.518. The molecule has 0 bridgehead atoms. The maximum atomic E-state index is 11.3. The van der Waals surface area contributed by atoms with Crippen LogP contribution in [0, 0.1) is 5.41 Å². The summed E-state index contributed by atoms with van der Waals surface area (Å²) < 4.78 is 1.31. The lowest BCUT2D eigenvalue weighted by Gasteiger charge is -2.04. The fraction of sp³-hybridized carbons (Fsp3) is 0.600. The first-order valence-electron chi connectivity index (χ1n) is 5.45. The number of nitrogens with zero attached hydrogens (tertiary/aromatic N) is 3. The van der Waals surface area contributed by atoms with Crippen molar-refractivity contribution >= 4 is 12.0 Å². The van der Waals surface area contributed by atoms with E-state index in [2.05, 4.69) is 15.4 Å². The van der Waals surface area contributed by atoms with Gasteiger partial charge in [0.15, 0.2) is 5.82 Å². The zero-order valence-corrected chi connectivity index (χ0v) is 9.44. The highest BCUT2D eigenvalue weighted by atomic mass is 16.1. The van der Waals surface area contributed by atoms with Gasteiger partial charge in [0.25, 0.3) is 0 Å². The molecule has 6 heteroatoms. The quantitative estimate of drug-likeness (QED) is 0.531. The van der Waals surface area contributed by atoms with Crippen LogP contribution in [0.1, 0.15) is 26.2 Å². The van der Waals surface area contributed by atoms with Gasteiger partial charge in [-0.1, -0.05) is 0 Å². The van der Waals surface area contributed by atoms with Crippen LogP contribution in [-0.2, 0) is 6.54 Å². The summed E-state index contributed by atoms with van der Waals surface area (Å²) in [6.45, 7) is 3.13. The molecule has 0 aromatic carbocycles. The second-order valence-electron chi connectivity index (χ2n) is 3.37. The SMILES string of the molecule is CCn1ncc(NCCCCC=N)nc1=O. The minimum atomic E-state index is -0.327. The van der Waals surface area contributed by atoms with E-state index >= 15 is 0 Å². The Morgan fingerprint density at radius 3 is 3.00 bits per heavy atom. The van der Waals surface area contributed by atoms with Crippen LogP contribution in [0.4, 0.5) is 5.82 Å². The Balaban J connectivity index is 2.40. The maximum absolute atomic E-state index is 11.3. The van der Waals surface area contributed by atoms with E-state index in [0.29, 0.717) is 12.4 Å². The monoisotopic (exact) mass is 223 g/mol. The number of unbranched alkanes of at least 4 members (excludes halogenated alkanes) is 2. The van der Waals surface area contributed by atoms with Gasteiger partial charge < -0.3 is 10.7 Å². The van der Waals surface area contributed by atoms with Crippen molar-refractivity contribution in [2.24, 2.45) is 0 Å². The van der Waals surface area contributed by atoms with Gasteiger partial charge in [0.2, 0.25) is 0 Å². The van der Waals surface area contributed by atoms with Crippen molar-refractivity contribution in [1.29, 1.82) is 5.41 Å². The lowest BCUT2D eigenvalue weighted by Crippen LogP contribution is -2.25. The van der Waals surface area contributed by atoms with Gasteiger partial charge in [0.1, 0.15) is 0 Å². The van der Waals surface area contributed by atoms with E-state index in [1.54, 1.807) is 6.20 Å². The molecule has 0 fully saturated rings. The van der Waals surface area contributed by atoms with Crippen LogP contribution < -0.4 is 11.0 Å². The molecule has 2 N–H and O–H groups in total. The molecule has 1 aromatic rings. The molecule has 88 valence electrons. The lowest BCUT2D eigenvalue weighted by molar-refractivity contribution is 0.593. The molecule has 6 nitrogen and oxygen atoms in total. The van der Waals surface area contributed by atoms with Crippen LogP contribution in [0.25, 0.3) is 0 Å². The summed E-state index contributed by atoms with van der Waals surface area (Å²) in [6, 6.07) is 0. The van der Waals surface area contributed by atoms with Crippen LogP contribution in [-0.4, -0.2) is 27.5 Å². The predicted molar refractivity (Wildman–Crippen MR) is 63.1 cm³/mol. The summed E-state index contributed by atoms with van der Waals surface area (Å²) in [7, 11) is 0. The van der Waals surface area contributed by atoms with Crippen LogP contribution in [0.3, 0.4) is 0 Å². The van der Waals surface area contributed by atoms with Gasteiger partial charge in [-0.15, -0.1) is 0 Å².